The molecule has 9 heteroatoms. The van der Waals surface area contributed by atoms with Crippen molar-refractivity contribution in [1.82, 2.24) is 0 Å². The SMILES string of the molecule is COC1COC(OC2C(C)OC(OC)C(O)C2O)C(O)C1O. The van der Waals surface area contributed by atoms with Gasteiger partial charge in [0.15, 0.2) is 12.6 Å². The standard InChI is InChI=1S/C13H24O9/c1-5-11(8(15)10(17)12(19-3)21-5)22-13-9(16)7(14)6(18-2)4-20-13/h5-17H,4H2,1-3H3. The van der Waals surface area contributed by atoms with E-state index in [9.17, 15) is 20.4 Å². The molecule has 9 nitrogen and oxygen atoms in total. The minimum Gasteiger partial charge on any atom is -0.387 e. The van der Waals surface area contributed by atoms with Gasteiger partial charge in [0.25, 0.3) is 0 Å². The minimum atomic E-state index is -1.35. The largest absolute Gasteiger partial charge is 0.387 e. The quantitative estimate of drug-likeness (QED) is 0.446. The maximum Gasteiger partial charge on any atom is 0.186 e. The molecule has 4 N–H and O–H groups in total. The Morgan fingerprint density at radius 3 is 2.09 bits per heavy atom. The molecule has 0 aromatic carbocycles. The molecule has 2 aliphatic heterocycles. The Balaban J connectivity index is 2.00. The lowest BCUT2D eigenvalue weighted by atomic mass is 9.99. The van der Waals surface area contributed by atoms with Crippen LogP contribution in [0.4, 0.5) is 0 Å². The molecule has 0 radical (unpaired) electrons. The van der Waals surface area contributed by atoms with Crippen molar-refractivity contribution in [1.29, 1.82) is 0 Å². The van der Waals surface area contributed by atoms with E-state index < -0.39 is 55.3 Å². The topological polar surface area (TPSA) is 127 Å². The van der Waals surface area contributed by atoms with Crippen LogP contribution in [0.1, 0.15) is 6.92 Å². The normalized spacial score (nSPS) is 50.0. The monoisotopic (exact) mass is 324 g/mol. The number of rotatable bonds is 4. The zero-order chi connectivity index (χ0) is 16.4. The number of aliphatic hydroxyl groups excluding tert-OH is 4. The van der Waals surface area contributed by atoms with Crippen molar-refractivity contribution < 1.29 is 44.1 Å². The molecule has 2 aliphatic rings. The third kappa shape index (κ3) is 3.42. The van der Waals surface area contributed by atoms with Crippen LogP contribution >= 0.6 is 0 Å². The van der Waals surface area contributed by atoms with E-state index in [-0.39, 0.29) is 6.61 Å². The van der Waals surface area contributed by atoms with Crippen molar-refractivity contribution in [2.45, 2.75) is 62.2 Å². The highest BCUT2D eigenvalue weighted by atomic mass is 16.7. The number of aliphatic hydroxyl groups is 4. The highest BCUT2D eigenvalue weighted by molar-refractivity contribution is 4.91. The Morgan fingerprint density at radius 2 is 1.50 bits per heavy atom. The van der Waals surface area contributed by atoms with Gasteiger partial charge >= 0.3 is 0 Å². The smallest absolute Gasteiger partial charge is 0.186 e. The molecule has 0 aromatic rings. The average molecular weight is 324 g/mol. The van der Waals surface area contributed by atoms with Gasteiger partial charge in [-0.3, -0.25) is 0 Å². The molecule has 9 unspecified atom stereocenters. The molecule has 0 aromatic heterocycles. The number of methoxy groups -OCH3 is 2. The van der Waals surface area contributed by atoms with Crippen LogP contribution in [-0.4, -0.2) is 96.6 Å². The Bertz CT molecular complexity index is 354. The third-order valence-corrected chi connectivity index (χ3v) is 4.04. The highest BCUT2D eigenvalue weighted by Crippen LogP contribution is 2.27. The maximum absolute atomic E-state index is 10.1. The minimum absolute atomic E-state index is 0.0285. The van der Waals surface area contributed by atoms with E-state index in [1.807, 2.05) is 0 Å². The molecule has 0 amide bonds. The summed E-state index contributed by atoms with van der Waals surface area (Å²) < 4.78 is 26.1. The fourth-order valence-electron chi connectivity index (χ4n) is 2.64. The number of ether oxygens (including phenoxy) is 5. The predicted octanol–water partition coefficient (Wildman–Crippen LogP) is -2.42. The Kier molecular flexibility index (Phi) is 6.11. The molecular weight excluding hydrogens is 300 g/mol. The van der Waals surface area contributed by atoms with Crippen LogP contribution < -0.4 is 0 Å². The lowest BCUT2D eigenvalue weighted by Gasteiger charge is -2.44. The van der Waals surface area contributed by atoms with Crippen molar-refractivity contribution in [3.05, 3.63) is 0 Å². The van der Waals surface area contributed by atoms with E-state index >= 15 is 0 Å². The molecule has 2 saturated heterocycles. The van der Waals surface area contributed by atoms with Crippen molar-refractivity contribution in [2.24, 2.45) is 0 Å². The summed E-state index contributed by atoms with van der Waals surface area (Å²) in [5.41, 5.74) is 0. The van der Waals surface area contributed by atoms with Crippen LogP contribution in [0.15, 0.2) is 0 Å². The second kappa shape index (κ2) is 7.47. The summed E-state index contributed by atoms with van der Waals surface area (Å²) in [5.74, 6) is 0. The van der Waals surface area contributed by atoms with Gasteiger partial charge in [0.2, 0.25) is 0 Å². The first-order valence-electron chi connectivity index (χ1n) is 7.11. The third-order valence-electron chi connectivity index (χ3n) is 4.04. The van der Waals surface area contributed by atoms with Crippen molar-refractivity contribution in [3.8, 4) is 0 Å². The number of hydrogen-bond donors (Lipinski definition) is 4. The van der Waals surface area contributed by atoms with Gasteiger partial charge in [0.1, 0.15) is 36.6 Å². The van der Waals surface area contributed by atoms with E-state index in [0.717, 1.165) is 0 Å². The molecule has 0 aliphatic carbocycles. The fourth-order valence-corrected chi connectivity index (χ4v) is 2.64. The highest BCUT2D eigenvalue weighted by Gasteiger charge is 2.47. The van der Waals surface area contributed by atoms with Gasteiger partial charge in [0, 0.05) is 14.2 Å². The molecule has 2 fully saturated rings. The van der Waals surface area contributed by atoms with E-state index in [2.05, 4.69) is 0 Å². The maximum atomic E-state index is 10.1. The molecular formula is C13H24O9. The zero-order valence-corrected chi connectivity index (χ0v) is 12.7. The molecule has 9 atom stereocenters. The fraction of sp³-hybridized carbons (Fsp3) is 1.00. The van der Waals surface area contributed by atoms with Gasteiger partial charge in [-0.1, -0.05) is 0 Å². The van der Waals surface area contributed by atoms with Crippen LogP contribution in [0.3, 0.4) is 0 Å². The summed E-state index contributed by atoms with van der Waals surface area (Å²) in [6, 6.07) is 0. The van der Waals surface area contributed by atoms with E-state index in [1.165, 1.54) is 14.2 Å². The molecule has 130 valence electrons. The summed E-state index contributed by atoms with van der Waals surface area (Å²) >= 11 is 0. The van der Waals surface area contributed by atoms with Gasteiger partial charge in [-0.25, -0.2) is 0 Å². The van der Waals surface area contributed by atoms with Crippen LogP contribution in [-0.2, 0) is 23.7 Å². The summed E-state index contributed by atoms with van der Waals surface area (Å²) in [6.45, 7) is 1.66. The van der Waals surface area contributed by atoms with Crippen LogP contribution in [0, 0.1) is 0 Å². The van der Waals surface area contributed by atoms with Gasteiger partial charge < -0.3 is 44.1 Å². The first-order chi connectivity index (χ1) is 10.4. The van der Waals surface area contributed by atoms with Gasteiger partial charge in [0.05, 0.1) is 12.7 Å². The van der Waals surface area contributed by atoms with E-state index in [4.69, 9.17) is 23.7 Å². The van der Waals surface area contributed by atoms with Gasteiger partial charge in [-0.2, -0.15) is 0 Å². The van der Waals surface area contributed by atoms with E-state index in [0.29, 0.717) is 0 Å². The second-order valence-electron chi connectivity index (χ2n) is 5.48. The summed E-state index contributed by atoms with van der Waals surface area (Å²) in [7, 11) is 2.75. The molecule has 0 spiro atoms. The van der Waals surface area contributed by atoms with Crippen LogP contribution in [0.2, 0.25) is 0 Å². The van der Waals surface area contributed by atoms with Crippen molar-refractivity contribution in [3.63, 3.8) is 0 Å². The molecule has 0 bridgehead atoms. The van der Waals surface area contributed by atoms with Gasteiger partial charge in [-0.15, -0.1) is 0 Å². The molecule has 22 heavy (non-hydrogen) atoms. The average Bonchev–Trinajstić information content (AvgIpc) is 2.51. The van der Waals surface area contributed by atoms with Crippen LogP contribution in [0.5, 0.6) is 0 Å². The first-order valence-corrected chi connectivity index (χ1v) is 7.11. The Hall–Kier alpha value is -0.360. The van der Waals surface area contributed by atoms with Gasteiger partial charge in [-0.05, 0) is 6.92 Å². The number of hydrogen-bond acceptors (Lipinski definition) is 9. The summed E-state index contributed by atoms with van der Waals surface area (Å²) in [4.78, 5) is 0. The summed E-state index contributed by atoms with van der Waals surface area (Å²) in [6.07, 6.45) is -9.49. The zero-order valence-electron chi connectivity index (χ0n) is 12.7. The molecule has 2 rings (SSSR count). The Morgan fingerprint density at radius 1 is 0.864 bits per heavy atom. The molecule has 2 heterocycles. The Labute approximate surface area is 128 Å². The molecule has 0 saturated carbocycles. The second-order valence-corrected chi connectivity index (χ2v) is 5.48. The lowest BCUT2D eigenvalue weighted by molar-refractivity contribution is -0.341. The lowest BCUT2D eigenvalue weighted by Crippen LogP contribution is -2.61. The predicted molar refractivity (Wildman–Crippen MR) is 70.8 cm³/mol. The first kappa shape index (κ1) is 18.0. The van der Waals surface area contributed by atoms with E-state index in [1.54, 1.807) is 6.92 Å². The van der Waals surface area contributed by atoms with Crippen LogP contribution in [0.25, 0.3) is 0 Å². The van der Waals surface area contributed by atoms with Crippen molar-refractivity contribution in [2.75, 3.05) is 20.8 Å². The summed E-state index contributed by atoms with van der Waals surface area (Å²) in [5, 5.41) is 40.0. The van der Waals surface area contributed by atoms with Crippen molar-refractivity contribution >= 4 is 0 Å².